The first-order valence-corrected chi connectivity index (χ1v) is 9.49. The first-order chi connectivity index (χ1) is 11.5. The molecule has 5 nitrogen and oxygen atoms in total. The van der Waals surface area contributed by atoms with Gasteiger partial charge in [0.2, 0.25) is 5.96 Å². The van der Waals surface area contributed by atoms with Crippen LogP contribution in [0.2, 0.25) is 5.02 Å². The van der Waals surface area contributed by atoms with Gasteiger partial charge in [-0.25, -0.2) is 13.1 Å². The number of sulfonamides is 1. The lowest BCUT2D eigenvalue weighted by atomic mass is 10.2. The molecule has 0 aliphatic carbocycles. The summed E-state index contributed by atoms with van der Waals surface area (Å²) in [5, 5.41) is 0.634. The van der Waals surface area contributed by atoms with E-state index >= 15 is 0 Å². The van der Waals surface area contributed by atoms with Gasteiger partial charge in [0, 0.05) is 23.8 Å². The van der Waals surface area contributed by atoms with Gasteiger partial charge in [0.15, 0.2) is 0 Å². The van der Waals surface area contributed by atoms with E-state index in [-0.39, 0.29) is 4.90 Å². The second-order valence-corrected chi connectivity index (χ2v) is 7.72. The molecule has 3 rings (SSSR count). The van der Waals surface area contributed by atoms with E-state index in [1.54, 1.807) is 36.4 Å². The summed E-state index contributed by atoms with van der Waals surface area (Å²) in [6.45, 7) is 3.20. The molecule has 0 aromatic heterocycles. The minimum Gasteiger partial charge on any atom is -0.312 e. The number of halogens is 1. The summed E-state index contributed by atoms with van der Waals surface area (Å²) >= 11 is 5.93. The third kappa shape index (κ3) is 3.71. The van der Waals surface area contributed by atoms with Crippen molar-refractivity contribution in [3.63, 3.8) is 0 Å². The predicted molar refractivity (Wildman–Crippen MR) is 97.2 cm³/mol. The fourth-order valence-electron chi connectivity index (χ4n) is 2.46. The highest BCUT2D eigenvalue weighted by Gasteiger charge is 2.23. The lowest BCUT2D eigenvalue weighted by molar-refractivity contribution is 0.591. The van der Waals surface area contributed by atoms with Crippen LogP contribution in [0.4, 0.5) is 5.69 Å². The second kappa shape index (κ2) is 6.83. The van der Waals surface area contributed by atoms with Gasteiger partial charge in [0.25, 0.3) is 10.0 Å². The summed E-state index contributed by atoms with van der Waals surface area (Å²) in [5.74, 6) is 0.337. The van der Waals surface area contributed by atoms with Crippen LogP contribution >= 0.6 is 11.6 Å². The lowest BCUT2D eigenvalue weighted by Crippen LogP contribution is -2.47. The summed E-state index contributed by atoms with van der Waals surface area (Å²) in [7, 11) is -3.67. The van der Waals surface area contributed by atoms with Crippen molar-refractivity contribution in [1.82, 2.24) is 4.72 Å². The number of benzene rings is 2. The Labute approximate surface area is 147 Å². The molecular formula is C17H18ClN3O2S. The zero-order valence-corrected chi connectivity index (χ0v) is 14.8. The van der Waals surface area contributed by atoms with Gasteiger partial charge in [-0.05, 0) is 49.7 Å². The van der Waals surface area contributed by atoms with Crippen molar-refractivity contribution in [3.05, 3.63) is 59.1 Å². The molecule has 0 atom stereocenters. The van der Waals surface area contributed by atoms with Crippen molar-refractivity contribution in [2.75, 3.05) is 18.0 Å². The van der Waals surface area contributed by atoms with Gasteiger partial charge < -0.3 is 4.90 Å². The van der Waals surface area contributed by atoms with E-state index in [0.717, 1.165) is 17.7 Å². The Morgan fingerprint density at radius 1 is 1.08 bits per heavy atom. The van der Waals surface area contributed by atoms with Gasteiger partial charge in [-0.15, -0.1) is 0 Å². The molecule has 1 aliphatic heterocycles. The Hall–Kier alpha value is -2.05. The molecule has 0 bridgehead atoms. The molecule has 0 saturated carbocycles. The van der Waals surface area contributed by atoms with Crippen LogP contribution < -0.4 is 9.62 Å². The van der Waals surface area contributed by atoms with E-state index in [4.69, 9.17) is 11.6 Å². The van der Waals surface area contributed by atoms with Crippen LogP contribution in [0.15, 0.2) is 58.4 Å². The van der Waals surface area contributed by atoms with Crippen molar-refractivity contribution in [2.45, 2.75) is 18.2 Å². The first kappa shape index (κ1) is 16.8. The molecule has 1 aliphatic rings. The van der Waals surface area contributed by atoms with Crippen molar-refractivity contribution in [2.24, 2.45) is 4.99 Å². The highest BCUT2D eigenvalue weighted by Crippen LogP contribution is 2.21. The van der Waals surface area contributed by atoms with Crippen LogP contribution in [0.3, 0.4) is 0 Å². The van der Waals surface area contributed by atoms with Crippen LogP contribution in [-0.4, -0.2) is 27.5 Å². The Bertz CT molecular complexity index is 846. The third-order valence-corrected chi connectivity index (χ3v) is 5.35. The quantitative estimate of drug-likeness (QED) is 0.910. The van der Waals surface area contributed by atoms with E-state index in [1.165, 1.54) is 0 Å². The Kier molecular flexibility index (Phi) is 4.78. The molecule has 0 spiro atoms. The number of hydrogen-bond donors (Lipinski definition) is 1. The highest BCUT2D eigenvalue weighted by atomic mass is 35.5. The summed E-state index contributed by atoms with van der Waals surface area (Å²) < 4.78 is 27.8. The Morgan fingerprint density at radius 3 is 2.42 bits per heavy atom. The Balaban J connectivity index is 1.87. The molecule has 1 N–H and O–H groups in total. The standard InChI is InChI=1S/C17H18ClN3O2S/c1-13-3-9-16(10-4-13)24(22,23)20-17-19-11-2-12-21(17)15-7-5-14(18)6-8-15/h3-10H,2,11-12H2,1H3,(H,19,20). The molecule has 0 radical (unpaired) electrons. The van der Waals surface area contributed by atoms with E-state index < -0.39 is 10.0 Å². The van der Waals surface area contributed by atoms with E-state index in [1.807, 2.05) is 24.0 Å². The van der Waals surface area contributed by atoms with Gasteiger partial charge in [0.1, 0.15) is 0 Å². The van der Waals surface area contributed by atoms with Crippen LogP contribution in [0.5, 0.6) is 0 Å². The molecule has 126 valence electrons. The summed E-state index contributed by atoms with van der Waals surface area (Å²) in [6, 6.07) is 14.0. The topological polar surface area (TPSA) is 61.8 Å². The predicted octanol–water partition coefficient (Wildman–Crippen LogP) is 3.19. The maximum absolute atomic E-state index is 12.6. The van der Waals surface area contributed by atoms with Crippen molar-refractivity contribution in [3.8, 4) is 0 Å². The number of hydrogen-bond acceptors (Lipinski definition) is 4. The third-order valence-electron chi connectivity index (χ3n) is 3.75. The monoisotopic (exact) mass is 363 g/mol. The maximum Gasteiger partial charge on any atom is 0.264 e. The number of nitrogens with zero attached hydrogens (tertiary/aromatic N) is 2. The Morgan fingerprint density at radius 2 is 1.75 bits per heavy atom. The zero-order valence-electron chi connectivity index (χ0n) is 13.2. The van der Waals surface area contributed by atoms with E-state index in [0.29, 0.717) is 24.1 Å². The second-order valence-electron chi connectivity index (χ2n) is 5.61. The van der Waals surface area contributed by atoms with E-state index in [2.05, 4.69) is 9.71 Å². The molecule has 0 amide bonds. The molecule has 24 heavy (non-hydrogen) atoms. The van der Waals surface area contributed by atoms with Crippen LogP contribution in [-0.2, 0) is 10.0 Å². The molecule has 7 heteroatoms. The van der Waals surface area contributed by atoms with Gasteiger partial charge >= 0.3 is 0 Å². The van der Waals surface area contributed by atoms with Crippen LogP contribution in [0, 0.1) is 6.92 Å². The van der Waals surface area contributed by atoms with Crippen molar-refractivity contribution >= 4 is 33.3 Å². The minimum absolute atomic E-state index is 0.220. The molecule has 2 aromatic rings. The van der Waals surface area contributed by atoms with Crippen molar-refractivity contribution < 1.29 is 8.42 Å². The first-order valence-electron chi connectivity index (χ1n) is 7.63. The van der Waals surface area contributed by atoms with Gasteiger partial charge in [-0.1, -0.05) is 29.3 Å². The molecular weight excluding hydrogens is 346 g/mol. The average molecular weight is 364 g/mol. The number of nitrogens with one attached hydrogen (secondary N) is 1. The highest BCUT2D eigenvalue weighted by molar-refractivity contribution is 7.90. The largest absolute Gasteiger partial charge is 0.312 e. The number of rotatable bonds is 3. The maximum atomic E-state index is 12.6. The normalized spacial score (nSPS) is 15.1. The van der Waals surface area contributed by atoms with Crippen molar-refractivity contribution in [1.29, 1.82) is 0 Å². The number of aryl methyl sites for hydroxylation is 1. The summed E-state index contributed by atoms with van der Waals surface area (Å²) in [6.07, 6.45) is 0.860. The number of guanidine groups is 1. The smallest absolute Gasteiger partial charge is 0.264 e. The van der Waals surface area contributed by atoms with Crippen LogP contribution in [0.1, 0.15) is 12.0 Å². The number of aliphatic imine (C=N–C) groups is 1. The fraction of sp³-hybridized carbons (Fsp3) is 0.235. The van der Waals surface area contributed by atoms with Gasteiger partial charge in [-0.3, -0.25) is 4.99 Å². The lowest BCUT2D eigenvalue weighted by Gasteiger charge is -2.29. The molecule has 1 heterocycles. The minimum atomic E-state index is -3.67. The molecule has 2 aromatic carbocycles. The SMILES string of the molecule is Cc1ccc(S(=O)(=O)NC2=NCCCN2c2ccc(Cl)cc2)cc1. The average Bonchev–Trinajstić information content (AvgIpc) is 2.56. The van der Waals surface area contributed by atoms with Crippen LogP contribution in [0.25, 0.3) is 0 Å². The van der Waals surface area contributed by atoms with Gasteiger partial charge in [0.05, 0.1) is 4.90 Å². The van der Waals surface area contributed by atoms with E-state index in [9.17, 15) is 8.42 Å². The molecule has 0 saturated heterocycles. The van der Waals surface area contributed by atoms with Gasteiger partial charge in [-0.2, -0.15) is 0 Å². The summed E-state index contributed by atoms with van der Waals surface area (Å²) in [5.41, 5.74) is 1.86. The summed E-state index contributed by atoms with van der Waals surface area (Å²) in [4.78, 5) is 6.43. The molecule has 0 unspecified atom stereocenters. The fourth-order valence-corrected chi connectivity index (χ4v) is 3.61. The number of anilines is 1. The zero-order chi connectivity index (χ0) is 17.2. The molecule has 0 fully saturated rings.